The van der Waals surface area contributed by atoms with Gasteiger partial charge in [0.1, 0.15) is 5.75 Å². The third-order valence-corrected chi connectivity index (χ3v) is 4.02. The molecule has 2 aromatic rings. The van der Waals surface area contributed by atoms with E-state index in [0.717, 1.165) is 16.9 Å². The van der Waals surface area contributed by atoms with Crippen LogP contribution in [0.1, 0.15) is 25.0 Å². The van der Waals surface area contributed by atoms with Gasteiger partial charge in [-0.2, -0.15) is 0 Å². The number of nitrogens with zero attached hydrogens (tertiary/aromatic N) is 1. The smallest absolute Gasteiger partial charge is 0.237 e. The highest BCUT2D eigenvalue weighted by molar-refractivity contribution is 5.81. The molecule has 2 rings (SSSR count). The maximum Gasteiger partial charge on any atom is 0.237 e. The van der Waals surface area contributed by atoms with E-state index < -0.39 is 0 Å². The Morgan fingerprint density at radius 1 is 1.08 bits per heavy atom. The lowest BCUT2D eigenvalue weighted by atomic mass is 10.1. The highest BCUT2D eigenvalue weighted by atomic mass is 16.5. The number of ether oxygens (including phenoxy) is 1. The number of hydrogen-bond acceptors (Lipinski definition) is 3. The Bertz CT molecular complexity index is 626. The van der Waals surface area contributed by atoms with Gasteiger partial charge >= 0.3 is 0 Å². The Hall–Kier alpha value is -2.33. The lowest BCUT2D eigenvalue weighted by molar-refractivity contribution is -0.125. The summed E-state index contributed by atoms with van der Waals surface area (Å²) < 4.78 is 5.45. The van der Waals surface area contributed by atoms with E-state index in [1.165, 1.54) is 0 Å². The predicted molar refractivity (Wildman–Crippen MR) is 96.8 cm³/mol. The first kappa shape index (κ1) is 18.0. The zero-order valence-corrected chi connectivity index (χ0v) is 14.7. The molecular weight excluding hydrogens is 300 g/mol. The van der Waals surface area contributed by atoms with Crippen LogP contribution in [0.4, 0.5) is 0 Å². The molecule has 0 aromatic heterocycles. The minimum atomic E-state index is -0.194. The molecule has 128 valence electrons. The second kappa shape index (κ2) is 9.08. The van der Waals surface area contributed by atoms with E-state index in [9.17, 15) is 4.79 Å². The van der Waals surface area contributed by atoms with E-state index in [4.69, 9.17) is 4.74 Å². The molecule has 0 aliphatic rings. The fourth-order valence-corrected chi connectivity index (χ4v) is 2.42. The topological polar surface area (TPSA) is 41.6 Å². The van der Waals surface area contributed by atoms with Crippen molar-refractivity contribution in [1.29, 1.82) is 0 Å². The molecule has 4 nitrogen and oxygen atoms in total. The van der Waals surface area contributed by atoms with Crippen LogP contribution in [-0.2, 0) is 17.9 Å². The van der Waals surface area contributed by atoms with Gasteiger partial charge in [0.15, 0.2) is 0 Å². The SMILES string of the molecule is CCOc1ccc(CN(C)[C@@H](C)C(=O)NCc2ccccc2)cc1. The van der Waals surface area contributed by atoms with Crippen LogP contribution in [0.2, 0.25) is 0 Å². The third-order valence-electron chi connectivity index (χ3n) is 4.02. The van der Waals surface area contributed by atoms with Crippen LogP contribution in [-0.4, -0.2) is 30.5 Å². The summed E-state index contributed by atoms with van der Waals surface area (Å²) in [6, 6.07) is 17.7. The summed E-state index contributed by atoms with van der Waals surface area (Å²) >= 11 is 0. The summed E-state index contributed by atoms with van der Waals surface area (Å²) in [7, 11) is 1.96. The summed E-state index contributed by atoms with van der Waals surface area (Å²) in [5, 5.41) is 2.99. The first-order chi connectivity index (χ1) is 11.6. The van der Waals surface area contributed by atoms with Crippen molar-refractivity contribution >= 4 is 5.91 Å². The number of benzene rings is 2. The summed E-state index contributed by atoms with van der Waals surface area (Å²) in [4.78, 5) is 14.4. The van der Waals surface area contributed by atoms with E-state index >= 15 is 0 Å². The second-order valence-electron chi connectivity index (χ2n) is 5.87. The lowest BCUT2D eigenvalue weighted by Gasteiger charge is -2.24. The molecular formula is C20H26N2O2. The van der Waals surface area contributed by atoms with Crippen LogP contribution in [0.3, 0.4) is 0 Å². The van der Waals surface area contributed by atoms with Gasteiger partial charge in [0.2, 0.25) is 5.91 Å². The predicted octanol–water partition coefficient (Wildman–Crippen LogP) is 3.22. The minimum absolute atomic E-state index is 0.0345. The highest BCUT2D eigenvalue weighted by Gasteiger charge is 2.17. The van der Waals surface area contributed by atoms with E-state index in [-0.39, 0.29) is 11.9 Å². The first-order valence-corrected chi connectivity index (χ1v) is 8.33. The zero-order valence-electron chi connectivity index (χ0n) is 14.7. The molecule has 0 bridgehead atoms. The fourth-order valence-electron chi connectivity index (χ4n) is 2.42. The number of nitrogens with one attached hydrogen (secondary N) is 1. The number of amides is 1. The van der Waals surface area contributed by atoms with Gasteiger partial charge in [-0.15, -0.1) is 0 Å². The molecule has 0 unspecified atom stereocenters. The van der Waals surface area contributed by atoms with Crippen LogP contribution in [0, 0.1) is 0 Å². The van der Waals surface area contributed by atoms with Crippen molar-refractivity contribution in [3.63, 3.8) is 0 Å². The van der Waals surface area contributed by atoms with Gasteiger partial charge in [-0.3, -0.25) is 9.69 Å². The van der Waals surface area contributed by atoms with Crippen molar-refractivity contribution in [1.82, 2.24) is 10.2 Å². The normalized spacial score (nSPS) is 12.0. The molecule has 0 heterocycles. The maximum atomic E-state index is 12.3. The molecule has 24 heavy (non-hydrogen) atoms. The van der Waals surface area contributed by atoms with Crippen LogP contribution >= 0.6 is 0 Å². The first-order valence-electron chi connectivity index (χ1n) is 8.33. The van der Waals surface area contributed by atoms with Gasteiger partial charge in [-0.25, -0.2) is 0 Å². The van der Waals surface area contributed by atoms with Gasteiger partial charge in [-0.1, -0.05) is 42.5 Å². The molecule has 0 saturated heterocycles. The van der Waals surface area contributed by atoms with E-state index in [0.29, 0.717) is 19.7 Å². The monoisotopic (exact) mass is 326 g/mol. The van der Waals surface area contributed by atoms with Crippen molar-refractivity contribution in [3.8, 4) is 5.75 Å². The van der Waals surface area contributed by atoms with Crippen LogP contribution in [0.25, 0.3) is 0 Å². The molecule has 4 heteroatoms. The van der Waals surface area contributed by atoms with Gasteiger partial charge in [0, 0.05) is 13.1 Å². The quantitative estimate of drug-likeness (QED) is 0.810. The number of carbonyl (C=O) groups excluding carboxylic acids is 1. The number of hydrogen-bond donors (Lipinski definition) is 1. The average molecular weight is 326 g/mol. The molecule has 0 saturated carbocycles. The maximum absolute atomic E-state index is 12.3. The zero-order chi connectivity index (χ0) is 17.4. The van der Waals surface area contributed by atoms with Gasteiger partial charge < -0.3 is 10.1 Å². The standard InChI is InChI=1S/C20H26N2O2/c1-4-24-19-12-10-18(11-13-19)15-22(3)16(2)20(23)21-14-17-8-6-5-7-9-17/h5-13,16H,4,14-15H2,1-3H3,(H,21,23)/t16-/m0/s1. The van der Waals surface area contributed by atoms with Crippen molar-refractivity contribution in [3.05, 3.63) is 65.7 Å². The molecule has 0 radical (unpaired) electrons. The van der Waals surface area contributed by atoms with E-state index in [1.54, 1.807) is 0 Å². The Kier molecular flexibility index (Phi) is 6.82. The van der Waals surface area contributed by atoms with Gasteiger partial charge in [-0.05, 0) is 44.2 Å². The second-order valence-corrected chi connectivity index (χ2v) is 5.87. The van der Waals surface area contributed by atoms with Crippen molar-refractivity contribution in [2.24, 2.45) is 0 Å². The number of rotatable bonds is 8. The van der Waals surface area contributed by atoms with Crippen molar-refractivity contribution in [2.75, 3.05) is 13.7 Å². The third kappa shape index (κ3) is 5.39. The molecule has 2 aromatic carbocycles. The molecule has 1 atom stereocenters. The highest BCUT2D eigenvalue weighted by Crippen LogP contribution is 2.14. The number of carbonyl (C=O) groups is 1. The summed E-state index contributed by atoms with van der Waals surface area (Å²) in [6.07, 6.45) is 0. The largest absolute Gasteiger partial charge is 0.494 e. The van der Waals surface area contributed by atoms with E-state index in [2.05, 4.69) is 5.32 Å². The summed E-state index contributed by atoms with van der Waals surface area (Å²) in [5.74, 6) is 0.907. The Morgan fingerprint density at radius 3 is 2.38 bits per heavy atom. The molecule has 1 amide bonds. The lowest BCUT2D eigenvalue weighted by Crippen LogP contribution is -2.42. The fraction of sp³-hybridized carbons (Fsp3) is 0.350. The van der Waals surface area contributed by atoms with E-state index in [1.807, 2.05) is 80.4 Å². The summed E-state index contributed by atoms with van der Waals surface area (Å²) in [6.45, 7) is 5.83. The van der Waals surface area contributed by atoms with Crippen molar-refractivity contribution in [2.45, 2.75) is 33.0 Å². The summed E-state index contributed by atoms with van der Waals surface area (Å²) in [5.41, 5.74) is 2.26. The molecule has 0 aliphatic heterocycles. The Morgan fingerprint density at radius 2 is 1.75 bits per heavy atom. The molecule has 1 N–H and O–H groups in total. The van der Waals surface area contributed by atoms with Crippen LogP contribution in [0.15, 0.2) is 54.6 Å². The Balaban J connectivity index is 1.84. The van der Waals surface area contributed by atoms with Crippen LogP contribution in [0.5, 0.6) is 5.75 Å². The van der Waals surface area contributed by atoms with Gasteiger partial charge in [0.25, 0.3) is 0 Å². The average Bonchev–Trinajstić information content (AvgIpc) is 2.61. The Labute approximate surface area is 144 Å². The van der Waals surface area contributed by atoms with Crippen LogP contribution < -0.4 is 10.1 Å². The number of likely N-dealkylation sites (N-methyl/N-ethyl adjacent to an activating group) is 1. The molecule has 0 aliphatic carbocycles. The van der Waals surface area contributed by atoms with Crippen molar-refractivity contribution < 1.29 is 9.53 Å². The molecule has 0 fully saturated rings. The minimum Gasteiger partial charge on any atom is -0.494 e. The molecule has 0 spiro atoms. The van der Waals surface area contributed by atoms with Gasteiger partial charge in [0.05, 0.1) is 12.6 Å².